The summed E-state index contributed by atoms with van der Waals surface area (Å²) in [6, 6.07) is 1.77. The van der Waals surface area contributed by atoms with E-state index >= 15 is 0 Å². The van der Waals surface area contributed by atoms with Crippen LogP contribution in [0, 0.1) is 0 Å². The zero-order valence-electron chi connectivity index (χ0n) is 9.26. The molecule has 0 saturated carbocycles. The Balaban J connectivity index is 3.43. The number of halogens is 3. The van der Waals surface area contributed by atoms with Crippen LogP contribution >= 0.6 is 0 Å². The Labute approximate surface area is 95.8 Å². The van der Waals surface area contributed by atoms with Gasteiger partial charge in [-0.05, 0) is 26.0 Å². The van der Waals surface area contributed by atoms with Crippen molar-refractivity contribution in [1.29, 1.82) is 0 Å². The maximum atomic E-state index is 12.6. The SMILES string of the molecule is CCOc1cc(C(C)=O)cc(O)c1C(F)(F)F. The molecule has 0 aliphatic carbocycles. The second kappa shape index (κ2) is 4.65. The van der Waals surface area contributed by atoms with Crippen molar-refractivity contribution in [2.75, 3.05) is 6.61 Å². The molecule has 0 saturated heterocycles. The highest BCUT2D eigenvalue weighted by Crippen LogP contribution is 2.42. The average Bonchev–Trinajstić information content (AvgIpc) is 2.14. The molecule has 0 heterocycles. The third kappa shape index (κ3) is 2.89. The van der Waals surface area contributed by atoms with Crippen molar-refractivity contribution in [3.05, 3.63) is 23.3 Å². The van der Waals surface area contributed by atoms with Crippen molar-refractivity contribution in [3.63, 3.8) is 0 Å². The van der Waals surface area contributed by atoms with Gasteiger partial charge < -0.3 is 9.84 Å². The Kier molecular flexibility index (Phi) is 3.65. The van der Waals surface area contributed by atoms with Crippen molar-refractivity contribution in [2.24, 2.45) is 0 Å². The lowest BCUT2D eigenvalue weighted by Gasteiger charge is -2.15. The predicted molar refractivity (Wildman–Crippen MR) is 54.3 cm³/mol. The third-order valence-electron chi connectivity index (χ3n) is 2.07. The van der Waals surface area contributed by atoms with Crippen LogP contribution in [0.15, 0.2) is 12.1 Å². The molecule has 0 aromatic heterocycles. The van der Waals surface area contributed by atoms with Gasteiger partial charge in [0.15, 0.2) is 5.78 Å². The largest absolute Gasteiger partial charge is 0.507 e. The first kappa shape index (κ1) is 13.3. The molecule has 0 bridgehead atoms. The number of Topliss-reactive ketones (excluding diaryl/α,β-unsaturated/α-hetero) is 1. The van der Waals surface area contributed by atoms with Crippen LogP contribution in [-0.2, 0) is 6.18 Å². The van der Waals surface area contributed by atoms with Crippen molar-refractivity contribution in [2.45, 2.75) is 20.0 Å². The molecule has 1 aromatic rings. The highest BCUT2D eigenvalue weighted by Gasteiger charge is 2.38. The average molecular weight is 248 g/mol. The first-order valence-corrected chi connectivity index (χ1v) is 4.85. The van der Waals surface area contributed by atoms with Gasteiger partial charge in [-0.1, -0.05) is 0 Å². The van der Waals surface area contributed by atoms with Gasteiger partial charge in [0, 0.05) is 5.56 Å². The molecule has 3 nitrogen and oxygen atoms in total. The highest BCUT2D eigenvalue weighted by atomic mass is 19.4. The van der Waals surface area contributed by atoms with Crippen LogP contribution < -0.4 is 4.74 Å². The summed E-state index contributed by atoms with van der Waals surface area (Å²) in [6.45, 7) is 2.71. The van der Waals surface area contributed by atoms with E-state index < -0.39 is 29.0 Å². The van der Waals surface area contributed by atoms with E-state index in [0.717, 1.165) is 12.1 Å². The lowest BCUT2D eigenvalue weighted by atomic mass is 10.1. The van der Waals surface area contributed by atoms with E-state index in [1.807, 2.05) is 0 Å². The Morgan fingerprint density at radius 1 is 1.41 bits per heavy atom. The molecule has 1 rings (SSSR count). The molecule has 1 N–H and O–H groups in total. The summed E-state index contributed by atoms with van der Waals surface area (Å²) in [5.41, 5.74) is -1.29. The van der Waals surface area contributed by atoms with Gasteiger partial charge in [0.2, 0.25) is 0 Å². The molecular formula is C11H11F3O3. The molecule has 94 valence electrons. The van der Waals surface area contributed by atoms with Crippen LogP contribution in [0.5, 0.6) is 11.5 Å². The van der Waals surface area contributed by atoms with Gasteiger partial charge in [-0.2, -0.15) is 13.2 Å². The number of phenolic OH excluding ortho intramolecular Hbond substituents is 1. The first-order chi connectivity index (χ1) is 7.77. The quantitative estimate of drug-likeness (QED) is 0.836. The zero-order chi connectivity index (χ0) is 13.2. The molecule has 0 radical (unpaired) electrons. The van der Waals surface area contributed by atoms with Gasteiger partial charge in [-0.3, -0.25) is 4.79 Å². The summed E-state index contributed by atoms with van der Waals surface area (Å²) >= 11 is 0. The Morgan fingerprint density at radius 3 is 2.41 bits per heavy atom. The Bertz CT molecular complexity index is 438. The van der Waals surface area contributed by atoms with E-state index in [1.165, 1.54) is 13.8 Å². The molecule has 0 amide bonds. The number of ketones is 1. The monoisotopic (exact) mass is 248 g/mol. The van der Waals surface area contributed by atoms with Crippen LogP contribution in [0.2, 0.25) is 0 Å². The van der Waals surface area contributed by atoms with Crippen LogP contribution in [0.25, 0.3) is 0 Å². The normalized spacial score (nSPS) is 11.4. The lowest BCUT2D eigenvalue weighted by Crippen LogP contribution is -2.10. The van der Waals surface area contributed by atoms with E-state index in [-0.39, 0.29) is 12.2 Å². The van der Waals surface area contributed by atoms with Gasteiger partial charge in [-0.25, -0.2) is 0 Å². The summed E-state index contributed by atoms with van der Waals surface area (Å²) in [4.78, 5) is 11.1. The smallest absolute Gasteiger partial charge is 0.423 e. The van der Waals surface area contributed by atoms with Crippen LogP contribution in [0.4, 0.5) is 13.2 Å². The van der Waals surface area contributed by atoms with Crippen molar-refractivity contribution in [1.82, 2.24) is 0 Å². The van der Waals surface area contributed by atoms with Crippen molar-refractivity contribution in [3.8, 4) is 11.5 Å². The molecule has 0 spiro atoms. The molecule has 1 aromatic carbocycles. The number of rotatable bonds is 3. The maximum Gasteiger partial charge on any atom is 0.423 e. The second-order valence-electron chi connectivity index (χ2n) is 3.36. The summed E-state index contributed by atoms with van der Waals surface area (Å²) in [5.74, 6) is -1.99. The van der Waals surface area contributed by atoms with E-state index in [4.69, 9.17) is 4.74 Å². The first-order valence-electron chi connectivity index (χ1n) is 4.85. The van der Waals surface area contributed by atoms with E-state index in [9.17, 15) is 23.1 Å². The molecule has 0 unspecified atom stereocenters. The van der Waals surface area contributed by atoms with Gasteiger partial charge in [0.25, 0.3) is 0 Å². The fourth-order valence-corrected chi connectivity index (χ4v) is 1.36. The van der Waals surface area contributed by atoms with Gasteiger partial charge >= 0.3 is 6.18 Å². The number of phenols is 1. The number of aromatic hydroxyl groups is 1. The summed E-state index contributed by atoms with van der Waals surface area (Å²) in [7, 11) is 0. The van der Waals surface area contributed by atoms with Crippen molar-refractivity contribution < 1.29 is 27.8 Å². The molecule has 0 aliphatic rings. The van der Waals surface area contributed by atoms with Gasteiger partial charge in [0.05, 0.1) is 6.61 Å². The van der Waals surface area contributed by atoms with E-state index in [2.05, 4.69) is 0 Å². The molecule has 6 heteroatoms. The fraction of sp³-hybridized carbons (Fsp3) is 0.364. The maximum absolute atomic E-state index is 12.6. The topological polar surface area (TPSA) is 46.5 Å². The van der Waals surface area contributed by atoms with Gasteiger partial charge in [-0.15, -0.1) is 0 Å². The summed E-state index contributed by atoms with van der Waals surface area (Å²) < 4.78 is 42.7. The highest BCUT2D eigenvalue weighted by molar-refractivity contribution is 5.95. The van der Waals surface area contributed by atoms with Crippen LogP contribution in [0.1, 0.15) is 29.8 Å². The number of hydrogen-bond acceptors (Lipinski definition) is 3. The zero-order valence-corrected chi connectivity index (χ0v) is 9.26. The number of carbonyl (C=O) groups is 1. The molecule has 17 heavy (non-hydrogen) atoms. The minimum Gasteiger partial charge on any atom is -0.507 e. The van der Waals surface area contributed by atoms with Gasteiger partial charge in [0.1, 0.15) is 17.1 Å². The minimum absolute atomic E-state index is 0.00385. The van der Waals surface area contributed by atoms with E-state index in [1.54, 1.807) is 0 Å². The van der Waals surface area contributed by atoms with E-state index in [0.29, 0.717) is 0 Å². The standard InChI is InChI=1S/C11H11F3O3/c1-3-17-9-5-7(6(2)15)4-8(16)10(9)11(12,13)14/h4-5,16H,3H2,1-2H3. The van der Waals surface area contributed by atoms with Crippen LogP contribution in [0.3, 0.4) is 0 Å². The Morgan fingerprint density at radius 2 is 2.00 bits per heavy atom. The lowest BCUT2D eigenvalue weighted by molar-refractivity contribution is -0.140. The second-order valence-corrected chi connectivity index (χ2v) is 3.36. The minimum atomic E-state index is -4.73. The van der Waals surface area contributed by atoms with Crippen LogP contribution in [-0.4, -0.2) is 17.5 Å². The number of benzene rings is 1. The summed E-state index contributed by atoms with van der Waals surface area (Å²) in [5, 5.41) is 9.33. The number of carbonyl (C=O) groups excluding carboxylic acids is 1. The molecular weight excluding hydrogens is 237 g/mol. The summed E-state index contributed by atoms with van der Waals surface area (Å²) in [6.07, 6.45) is -4.73. The third-order valence-corrected chi connectivity index (χ3v) is 2.07. The Hall–Kier alpha value is -1.72. The molecule has 0 atom stereocenters. The number of hydrogen-bond donors (Lipinski definition) is 1. The predicted octanol–water partition coefficient (Wildman–Crippen LogP) is 3.01. The number of alkyl halides is 3. The fourth-order valence-electron chi connectivity index (χ4n) is 1.36. The van der Waals surface area contributed by atoms with Crippen molar-refractivity contribution >= 4 is 5.78 Å². The molecule has 0 aliphatic heterocycles. The molecule has 0 fully saturated rings. The number of ether oxygens (including phenoxy) is 1.